The van der Waals surface area contributed by atoms with Crippen molar-refractivity contribution < 1.29 is 0 Å². The summed E-state index contributed by atoms with van der Waals surface area (Å²) < 4.78 is 0. The molecule has 0 bridgehead atoms. The van der Waals surface area contributed by atoms with Crippen LogP contribution in [0.15, 0.2) is 17.2 Å². The van der Waals surface area contributed by atoms with E-state index in [4.69, 9.17) is 17.9 Å². The van der Waals surface area contributed by atoms with Gasteiger partial charge in [0.05, 0.1) is 11.6 Å². The maximum absolute atomic E-state index is 8.45. The minimum Gasteiger partial charge on any atom is -0.759 e. The summed E-state index contributed by atoms with van der Waals surface area (Å²) in [5, 5.41) is 8.84. The molecule has 0 aliphatic carbocycles. The molecular formula is C7H5N2S-. The highest BCUT2D eigenvalue weighted by Gasteiger charge is 1.89. The first-order valence-corrected chi connectivity index (χ1v) is 3.19. The van der Waals surface area contributed by atoms with Crippen molar-refractivity contribution in [3.05, 3.63) is 23.4 Å². The van der Waals surface area contributed by atoms with Gasteiger partial charge in [0.15, 0.2) is 0 Å². The number of hydrogen-bond acceptors (Lipinski definition) is 3. The van der Waals surface area contributed by atoms with Gasteiger partial charge in [0.1, 0.15) is 0 Å². The first-order chi connectivity index (χ1) is 4.74. The van der Waals surface area contributed by atoms with Gasteiger partial charge < -0.3 is 12.6 Å². The van der Waals surface area contributed by atoms with Crippen LogP contribution in [0.1, 0.15) is 11.3 Å². The quantitative estimate of drug-likeness (QED) is 0.519. The highest BCUT2D eigenvalue weighted by molar-refractivity contribution is 7.58. The van der Waals surface area contributed by atoms with Gasteiger partial charge in [-0.3, -0.25) is 4.98 Å². The Morgan fingerprint density at radius 1 is 1.60 bits per heavy atom. The molecule has 0 saturated heterocycles. The predicted molar refractivity (Wildman–Crippen MR) is 39.3 cm³/mol. The fraction of sp³-hybridized carbons (Fsp3) is 0.143. The molecule has 0 atom stereocenters. The van der Waals surface area contributed by atoms with Crippen LogP contribution in [0.5, 0.6) is 0 Å². The smallest absolute Gasteiger partial charge is 0.0991 e. The lowest BCUT2D eigenvalue weighted by Gasteiger charge is -2.05. The monoisotopic (exact) mass is 149 g/mol. The van der Waals surface area contributed by atoms with Gasteiger partial charge >= 0.3 is 0 Å². The topological polar surface area (TPSA) is 36.7 Å². The lowest BCUT2D eigenvalue weighted by molar-refractivity contribution is 1.05. The number of hydrogen-bond donors (Lipinski definition) is 0. The fourth-order valence-electron chi connectivity index (χ4n) is 0.618. The largest absolute Gasteiger partial charge is 0.759 e. The Balaban J connectivity index is 3.23. The van der Waals surface area contributed by atoms with Gasteiger partial charge in [-0.2, -0.15) is 5.26 Å². The third kappa shape index (κ3) is 1.23. The van der Waals surface area contributed by atoms with Gasteiger partial charge in [0, 0.05) is 5.69 Å². The molecule has 0 radical (unpaired) electrons. The van der Waals surface area contributed by atoms with Gasteiger partial charge in [-0.05, 0) is 19.1 Å². The van der Waals surface area contributed by atoms with Crippen LogP contribution in [0.3, 0.4) is 0 Å². The van der Waals surface area contributed by atoms with Crippen molar-refractivity contribution >= 4 is 12.6 Å². The van der Waals surface area contributed by atoms with Crippen LogP contribution < -0.4 is 0 Å². The third-order valence-electron chi connectivity index (χ3n) is 1.12. The molecule has 0 aliphatic rings. The Bertz CT molecular complexity index is 288. The van der Waals surface area contributed by atoms with Crippen LogP contribution in [-0.2, 0) is 12.6 Å². The second-order valence-electron chi connectivity index (χ2n) is 1.92. The normalized spacial score (nSPS) is 8.80. The van der Waals surface area contributed by atoms with Crippen molar-refractivity contribution in [2.24, 2.45) is 0 Å². The Morgan fingerprint density at radius 3 is 2.80 bits per heavy atom. The molecule has 0 aromatic carbocycles. The molecule has 0 saturated carbocycles. The molecule has 0 fully saturated rings. The van der Waals surface area contributed by atoms with Crippen LogP contribution in [0, 0.1) is 18.3 Å². The van der Waals surface area contributed by atoms with E-state index in [1.54, 1.807) is 12.1 Å². The predicted octanol–water partition coefficient (Wildman–Crippen LogP) is 1.17. The Labute approximate surface area is 64.9 Å². The molecule has 1 aromatic heterocycles. The van der Waals surface area contributed by atoms with Crippen molar-refractivity contribution in [2.75, 3.05) is 0 Å². The number of pyridine rings is 1. The summed E-state index contributed by atoms with van der Waals surface area (Å²) in [4.78, 5) is 3.94. The van der Waals surface area contributed by atoms with E-state index in [0.29, 0.717) is 10.6 Å². The van der Waals surface area contributed by atoms with Crippen molar-refractivity contribution in [1.82, 2.24) is 4.98 Å². The molecule has 1 heterocycles. The first kappa shape index (κ1) is 6.97. The van der Waals surface area contributed by atoms with Crippen molar-refractivity contribution in [2.45, 2.75) is 11.9 Å². The minimum absolute atomic E-state index is 0.391. The molecule has 0 unspecified atom stereocenters. The highest BCUT2D eigenvalue weighted by Crippen LogP contribution is 2.03. The summed E-state index contributed by atoms with van der Waals surface area (Å²) in [6, 6.07) is 5.41. The van der Waals surface area contributed by atoms with E-state index in [0.717, 1.165) is 5.69 Å². The molecule has 2 nitrogen and oxygen atoms in total. The first-order valence-electron chi connectivity index (χ1n) is 2.79. The highest BCUT2D eigenvalue weighted by atomic mass is 32.1. The number of rotatable bonds is 0. The number of nitriles is 1. The minimum atomic E-state index is 0.391. The zero-order valence-electron chi connectivity index (χ0n) is 5.46. The summed E-state index contributed by atoms with van der Waals surface area (Å²) in [5.41, 5.74) is 1.32. The molecule has 0 aliphatic heterocycles. The van der Waals surface area contributed by atoms with Gasteiger partial charge in [-0.15, -0.1) is 0 Å². The van der Waals surface area contributed by atoms with Crippen LogP contribution in [-0.4, -0.2) is 4.98 Å². The van der Waals surface area contributed by atoms with E-state index >= 15 is 0 Å². The third-order valence-corrected chi connectivity index (χ3v) is 1.43. The lowest BCUT2D eigenvalue weighted by atomic mass is 10.3. The maximum atomic E-state index is 8.45. The molecular weight excluding hydrogens is 144 g/mol. The Kier molecular flexibility index (Phi) is 1.83. The van der Waals surface area contributed by atoms with Crippen molar-refractivity contribution in [3.8, 4) is 6.07 Å². The van der Waals surface area contributed by atoms with E-state index in [-0.39, 0.29) is 0 Å². The molecule has 0 N–H and O–H groups in total. The molecule has 3 heteroatoms. The fourth-order valence-corrected chi connectivity index (χ4v) is 0.876. The second kappa shape index (κ2) is 2.63. The van der Waals surface area contributed by atoms with Crippen molar-refractivity contribution in [1.29, 1.82) is 5.26 Å². The number of nitrogens with zero attached hydrogens (tertiary/aromatic N) is 2. The van der Waals surface area contributed by atoms with Crippen molar-refractivity contribution in [3.63, 3.8) is 0 Å². The Hall–Kier alpha value is -1.14. The van der Waals surface area contributed by atoms with Gasteiger partial charge in [-0.25, -0.2) is 0 Å². The molecule has 0 spiro atoms. The second-order valence-corrected chi connectivity index (χ2v) is 2.30. The molecule has 50 valence electrons. The lowest BCUT2D eigenvalue weighted by Crippen LogP contribution is -1.88. The van der Waals surface area contributed by atoms with Crippen LogP contribution >= 0.6 is 0 Å². The SMILES string of the molecule is Cc1ccc(C#N)c([S-])n1. The Morgan fingerprint density at radius 2 is 2.30 bits per heavy atom. The van der Waals surface area contributed by atoms with E-state index in [2.05, 4.69) is 4.98 Å². The average molecular weight is 149 g/mol. The molecule has 10 heavy (non-hydrogen) atoms. The zero-order chi connectivity index (χ0) is 7.56. The van der Waals surface area contributed by atoms with E-state index in [1.807, 2.05) is 13.0 Å². The van der Waals surface area contributed by atoms with E-state index < -0.39 is 0 Å². The van der Waals surface area contributed by atoms with Crippen LogP contribution in [0.2, 0.25) is 0 Å². The summed E-state index contributed by atoms with van der Waals surface area (Å²) >= 11 is 4.81. The summed E-state index contributed by atoms with van der Waals surface area (Å²) in [6.45, 7) is 1.84. The summed E-state index contributed by atoms with van der Waals surface area (Å²) in [5.74, 6) is 0. The number of aryl methyl sites for hydroxylation is 1. The standard InChI is InChI=1S/C7H6N2S/c1-5-2-3-6(4-8)7(10)9-5/h2-3H,1H3,(H,9,10)/p-1. The molecule has 1 rings (SSSR count). The van der Waals surface area contributed by atoms with Gasteiger partial charge in [-0.1, -0.05) is 5.03 Å². The van der Waals surface area contributed by atoms with Gasteiger partial charge in [0.2, 0.25) is 0 Å². The average Bonchev–Trinajstić information content (AvgIpc) is 1.88. The molecule has 0 amide bonds. The molecule has 1 aromatic rings. The number of aromatic nitrogens is 1. The van der Waals surface area contributed by atoms with Gasteiger partial charge in [0.25, 0.3) is 0 Å². The summed E-state index contributed by atoms with van der Waals surface area (Å²) in [6.07, 6.45) is 0. The summed E-state index contributed by atoms with van der Waals surface area (Å²) in [7, 11) is 0. The van der Waals surface area contributed by atoms with Crippen LogP contribution in [0.25, 0.3) is 0 Å². The van der Waals surface area contributed by atoms with Crippen LogP contribution in [0.4, 0.5) is 0 Å². The maximum Gasteiger partial charge on any atom is 0.0991 e. The van der Waals surface area contributed by atoms with E-state index in [9.17, 15) is 0 Å². The van der Waals surface area contributed by atoms with E-state index in [1.165, 1.54) is 0 Å². The zero-order valence-corrected chi connectivity index (χ0v) is 6.27.